The molecule has 3 heteroatoms. The van der Waals surface area contributed by atoms with Crippen molar-refractivity contribution in [2.24, 2.45) is 0 Å². The van der Waals surface area contributed by atoms with Crippen molar-refractivity contribution >= 4 is 18.5 Å². The molecule has 0 radical (unpaired) electrons. The zero-order valence-corrected chi connectivity index (χ0v) is 11.9. The van der Waals surface area contributed by atoms with Crippen molar-refractivity contribution < 1.29 is 4.79 Å². The van der Waals surface area contributed by atoms with Crippen LogP contribution in [0.1, 0.15) is 43.1 Å². The maximum absolute atomic E-state index is 12.4. The lowest BCUT2D eigenvalue weighted by Crippen LogP contribution is -2.37. The van der Waals surface area contributed by atoms with Crippen molar-refractivity contribution in [2.75, 3.05) is 6.54 Å². The van der Waals surface area contributed by atoms with Crippen molar-refractivity contribution in [3.63, 3.8) is 0 Å². The van der Waals surface area contributed by atoms with E-state index in [0.29, 0.717) is 0 Å². The van der Waals surface area contributed by atoms with Crippen molar-refractivity contribution in [1.82, 2.24) is 4.90 Å². The Bertz CT molecular complexity index is 401. The Labute approximate surface area is 109 Å². The van der Waals surface area contributed by atoms with Crippen LogP contribution in [0.25, 0.3) is 0 Å². The van der Waals surface area contributed by atoms with Crippen LogP contribution in [-0.2, 0) is 0 Å². The number of benzene rings is 1. The Morgan fingerprint density at radius 1 is 1.41 bits per heavy atom. The Balaban J connectivity index is 3.04. The first-order valence-electron chi connectivity index (χ1n) is 6.08. The van der Waals surface area contributed by atoms with E-state index in [9.17, 15) is 4.79 Å². The molecule has 2 nitrogen and oxygen atoms in total. The van der Waals surface area contributed by atoms with Gasteiger partial charge in [0.15, 0.2) is 0 Å². The van der Waals surface area contributed by atoms with Gasteiger partial charge < -0.3 is 4.90 Å². The molecule has 0 aromatic heterocycles. The first-order valence-corrected chi connectivity index (χ1v) is 6.52. The van der Waals surface area contributed by atoms with Gasteiger partial charge in [-0.25, -0.2) is 0 Å². The summed E-state index contributed by atoms with van der Waals surface area (Å²) in [5.74, 6) is 0.107. The number of hydrogen-bond donors (Lipinski definition) is 1. The van der Waals surface area contributed by atoms with E-state index in [1.807, 2.05) is 43.9 Å². The van der Waals surface area contributed by atoms with Crippen LogP contribution < -0.4 is 0 Å². The van der Waals surface area contributed by atoms with Crippen LogP contribution in [0.5, 0.6) is 0 Å². The number of carbonyl (C=O) groups excluding carboxylic acids is 1. The van der Waals surface area contributed by atoms with Gasteiger partial charge in [0.05, 0.1) is 0 Å². The molecule has 0 fully saturated rings. The van der Waals surface area contributed by atoms with Gasteiger partial charge in [0.25, 0.3) is 5.91 Å². The van der Waals surface area contributed by atoms with Gasteiger partial charge in [0.1, 0.15) is 0 Å². The smallest absolute Gasteiger partial charge is 0.254 e. The van der Waals surface area contributed by atoms with Crippen LogP contribution in [0.15, 0.2) is 23.1 Å². The third-order valence-electron chi connectivity index (χ3n) is 2.80. The molecule has 0 bridgehead atoms. The van der Waals surface area contributed by atoms with Gasteiger partial charge in [0.2, 0.25) is 0 Å². The number of carbonyl (C=O) groups is 1. The van der Waals surface area contributed by atoms with Crippen LogP contribution in [0.3, 0.4) is 0 Å². The average Bonchev–Trinajstić information content (AvgIpc) is 2.28. The number of amides is 1. The number of nitrogens with zero attached hydrogens (tertiary/aromatic N) is 1. The predicted molar refractivity (Wildman–Crippen MR) is 74.9 cm³/mol. The van der Waals surface area contributed by atoms with Gasteiger partial charge in [0, 0.05) is 23.0 Å². The molecule has 94 valence electrons. The average molecular weight is 251 g/mol. The highest BCUT2D eigenvalue weighted by Gasteiger charge is 2.19. The second-order valence-corrected chi connectivity index (χ2v) is 5.11. The van der Waals surface area contributed by atoms with Crippen molar-refractivity contribution in [1.29, 1.82) is 0 Å². The van der Waals surface area contributed by atoms with Crippen LogP contribution in [0.4, 0.5) is 0 Å². The SMILES string of the molecule is CCCN(C(=O)c1cc(S)ccc1C)C(C)C. The Morgan fingerprint density at radius 3 is 2.59 bits per heavy atom. The summed E-state index contributed by atoms with van der Waals surface area (Å²) >= 11 is 4.30. The molecule has 17 heavy (non-hydrogen) atoms. The summed E-state index contributed by atoms with van der Waals surface area (Å²) in [7, 11) is 0. The highest BCUT2D eigenvalue weighted by Crippen LogP contribution is 2.17. The molecular formula is C14H21NOS. The molecule has 1 rings (SSSR count). The second-order valence-electron chi connectivity index (χ2n) is 4.59. The summed E-state index contributed by atoms with van der Waals surface area (Å²) in [6, 6.07) is 5.94. The molecule has 1 amide bonds. The van der Waals surface area contributed by atoms with Crippen LogP contribution in [0, 0.1) is 6.92 Å². The van der Waals surface area contributed by atoms with E-state index >= 15 is 0 Å². The first kappa shape index (κ1) is 14.1. The molecule has 0 heterocycles. The lowest BCUT2D eigenvalue weighted by Gasteiger charge is -2.27. The van der Waals surface area contributed by atoms with Crippen molar-refractivity contribution in [3.05, 3.63) is 29.3 Å². The Kier molecular flexibility index (Phi) is 5.06. The molecule has 1 aromatic rings. The molecule has 0 unspecified atom stereocenters. The summed E-state index contributed by atoms with van der Waals surface area (Å²) in [4.78, 5) is 15.2. The van der Waals surface area contributed by atoms with Gasteiger partial charge in [-0.3, -0.25) is 4.79 Å². The number of hydrogen-bond acceptors (Lipinski definition) is 2. The molecule has 0 aliphatic rings. The molecule has 0 saturated carbocycles. The standard InChI is InChI=1S/C14H21NOS/c1-5-8-15(10(2)3)14(16)13-9-12(17)7-6-11(13)4/h6-7,9-10,17H,5,8H2,1-4H3. The van der Waals surface area contributed by atoms with Gasteiger partial charge in [-0.2, -0.15) is 0 Å². The lowest BCUT2D eigenvalue weighted by atomic mass is 10.1. The van der Waals surface area contributed by atoms with E-state index in [2.05, 4.69) is 19.6 Å². The zero-order valence-electron chi connectivity index (χ0n) is 11.0. The van der Waals surface area contributed by atoms with Gasteiger partial charge in [-0.1, -0.05) is 13.0 Å². The van der Waals surface area contributed by atoms with E-state index in [-0.39, 0.29) is 11.9 Å². The zero-order chi connectivity index (χ0) is 13.0. The van der Waals surface area contributed by atoms with E-state index in [0.717, 1.165) is 29.0 Å². The minimum absolute atomic E-state index is 0.107. The summed E-state index contributed by atoms with van der Waals surface area (Å²) in [6.45, 7) is 8.95. The molecule has 0 spiro atoms. The van der Waals surface area contributed by atoms with E-state index < -0.39 is 0 Å². The van der Waals surface area contributed by atoms with Gasteiger partial charge in [-0.05, 0) is 44.9 Å². The topological polar surface area (TPSA) is 20.3 Å². The summed E-state index contributed by atoms with van der Waals surface area (Å²) in [5.41, 5.74) is 1.77. The van der Waals surface area contributed by atoms with Crippen molar-refractivity contribution in [3.8, 4) is 0 Å². The summed E-state index contributed by atoms with van der Waals surface area (Å²) in [6.07, 6.45) is 0.976. The molecule has 0 aliphatic carbocycles. The number of aryl methyl sites for hydroxylation is 1. The minimum Gasteiger partial charge on any atom is -0.336 e. The highest BCUT2D eigenvalue weighted by atomic mass is 32.1. The van der Waals surface area contributed by atoms with Gasteiger partial charge >= 0.3 is 0 Å². The third kappa shape index (κ3) is 3.50. The lowest BCUT2D eigenvalue weighted by molar-refractivity contribution is 0.0705. The van der Waals surface area contributed by atoms with E-state index in [4.69, 9.17) is 0 Å². The molecule has 0 atom stereocenters. The molecular weight excluding hydrogens is 230 g/mol. The quantitative estimate of drug-likeness (QED) is 0.812. The third-order valence-corrected chi connectivity index (χ3v) is 3.08. The largest absolute Gasteiger partial charge is 0.336 e. The summed E-state index contributed by atoms with van der Waals surface area (Å²) in [5, 5.41) is 0. The second kappa shape index (κ2) is 6.10. The first-order chi connectivity index (χ1) is 7.97. The highest BCUT2D eigenvalue weighted by molar-refractivity contribution is 7.80. The monoisotopic (exact) mass is 251 g/mol. The van der Waals surface area contributed by atoms with E-state index in [1.165, 1.54) is 0 Å². The maximum Gasteiger partial charge on any atom is 0.254 e. The van der Waals surface area contributed by atoms with E-state index in [1.54, 1.807) is 0 Å². The van der Waals surface area contributed by atoms with Crippen LogP contribution in [-0.4, -0.2) is 23.4 Å². The number of thiol groups is 1. The molecule has 1 aromatic carbocycles. The Hall–Kier alpha value is -0.960. The normalized spacial score (nSPS) is 10.7. The van der Waals surface area contributed by atoms with Gasteiger partial charge in [-0.15, -0.1) is 12.6 Å². The van der Waals surface area contributed by atoms with Crippen LogP contribution in [0.2, 0.25) is 0 Å². The fourth-order valence-electron chi connectivity index (χ4n) is 1.83. The molecule has 0 aliphatic heterocycles. The summed E-state index contributed by atoms with van der Waals surface area (Å²) < 4.78 is 0. The fourth-order valence-corrected chi connectivity index (χ4v) is 2.03. The number of rotatable bonds is 4. The minimum atomic E-state index is 0.107. The molecule has 0 saturated heterocycles. The van der Waals surface area contributed by atoms with Crippen LogP contribution >= 0.6 is 12.6 Å². The fraction of sp³-hybridized carbons (Fsp3) is 0.500. The van der Waals surface area contributed by atoms with Crippen molar-refractivity contribution in [2.45, 2.75) is 45.1 Å². The Morgan fingerprint density at radius 2 is 2.06 bits per heavy atom. The maximum atomic E-state index is 12.4. The molecule has 0 N–H and O–H groups in total. The predicted octanol–water partition coefficient (Wildman–Crippen LogP) is 3.54.